The first-order valence-electron chi connectivity index (χ1n) is 5.50. The van der Waals surface area contributed by atoms with E-state index in [-0.39, 0.29) is 5.82 Å². The summed E-state index contributed by atoms with van der Waals surface area (Å²) in [6.07, 6.45) is 4.17. The van der Waals surface area contributed by atoms with Crippen LogP contribution in [0.3, 0.4) is 0 Å². The highest BCUT2D eigenvalue weighted by Crippen LogP contribution is 2.22. The van der Waals surface area contributed by atoms with Crippen LogP contribution in [-0.4, -0.2) is 9.55 Å². The summed E-state index contributed by atoms with van der Waals surface area (Å²) < 4.78 is 15.1. The Morgan fingerprint density at radius 3 is 2.82 bits per heavy atom. The number of hydrogen-bond donors (Lipinski definition) is 1. The minimum atomic E-state index is -0.624. The normalized spacial score (nSPS) is 14.6. The van der Waals surface area contributed by atoms with E-state index in [1.165, 1.54) is 12.1 Å². The highest BCUT2D eigenvalue weighted by Gasteiger charge is 2.23. The smallest absolute Gasteiger partial charge is 0.123 e. The Bertz CT molecular complexity index is 517. The van der Waals surface area contributed by atoms with Gasteiger partial charge >= 0.3 is 0 Å². The predicted molar refractivity (Wildman–Crippen MR) is 64.9 cm³/mol. The lowest BCUT2D eigenvalue weighted by atomic mass is 9.89. The molecule has 0 saturated heterocycles. The maximum Gasteiger partial charge on any atom is 0.123 e. The number of nitrogens with two attached hydrogens (primary N) is 1. The highest BCUT2D eigenvalue weighted by atomic mass is 19.1. The van der Waals surface area contributed by atoms with E-state index in [4.69, 9.17) is 5.73 Å². The first-order chi connectivity index (χ1) is 7.99. The van der Waals surface area contributed by atoms with E-state index < -0.39 is 5.54 Å². The van der Waals surface area contributed by atoms with Crippen molar-refractivity contribution in [3.63, 3.8) is 0 Å². The van der Waals surface area contributed by atoms with Gasteiger partial charge in [0.15, 0.2) is 0 Å². The lowest BCUT2D eigenvalue weighted by molar-refractivity contribution is 0.466. The van der Waals surface area contributed by atoms with Crippen LogP contribution in [0.1, 0.15) is 18.3 Å². The fraction of sp³-hybridized carbons (Fsp3) is 0.308. The third kappa shape index (κ3) is 2.53. The molecule has 0 amide bonds. The molecule has 4 heteroatoms. The van der Waals surface area contributed by atoms with Gasteiger partial charge in [-0.25, -0.2) is 9.37 Å². The molecule has 1 unspecified atom stereocenters. The summed E-state index contributed by atoms with van der Waals surface area (Å²) in [4.78, 5) is 4.24. The monoisotopic (exact) mass is 233 g/mol. The molecule has 90 valence electrons. The Morgan fingerprint density at radius 2 is 2.24 bits per heavy atom. The Labute approximate surface area is 100 Å². The first kappa shape index (κ1) is 11.8. The summed E-state index contributed by atoms with van der Waals surface area (Å²) >= 11 is 0. The zero-order chi connectivity index (χ0) is 12.5. The van der Waals surface area contributed by atoms with E-state index in [0.29, 0.717) is 6.42 Å². The van der Waals surface area contributed by atoms with E-state index in [2.05, 4.69) is 4.98 Å². The summed E-state index contributed by atoms with van der Waals surface area (Å²) in [7, 11) is 1.92. The van der Waals surface area contributed by atoms with Crippen LogP contribution in [0.2, 0.25) is 0 Å². The number of hydrogen-bond acceptors (Lipinski definition) is 2. The van der Waals surface area contributed by atoms with Crippen molar-refractivity contribution in [1.29, 1.82) is 0 Å². The molecular weight excluding hydrogens is 217 g/mol. The molecule has 2 rings (SSSR count). The van der Waals surface area contributed by atoms with Crippen molar-refractivity contribution in [2.75, 3.05) is 0 Å². The fourth-order valence-corrected chi connectivity index (χ4v) is 1.84. The number of imidazole rings is 1. The van der Waals surface area contributed by atoms with Crippen molar-refractivity contribution in [3.05, 3.63) is 53.9 Å². The Morgan fingerprint density at radius 1 is 1.47 bits per heavy atom. The van der Waals surface area contributed by atoms with Gasteiger partial charge in [0.05, 0.1) is 0 Å². The van der Waals surface area contributed by atoms with Crippen molar-refractivity contribution in [2.45, 2.75) is 18.9 Å². The fourth-order valence-electron chi connectivity index (χ4n) is 1.84. The quantitative estimate of drug-likeness (QED) is 0.881. The van der Waals surface area contributed by atoms with Crippen LogP contribution < -0.4 is 5.73 Å². The van der Waals surface area contributed by atoms with Gasteiger partial charge in [-0.1, -0.05) is 12.1 Å². The molecule has 0 saturated carbocycles. The van der Waals surface area contributed by atoms with Crippen LogP contribution >= 0.6 is 0 Å². The summed E-state index contributed by atoms with van der Waals surface area (Å²) in [5.41, 5.74) is 6.40. The van der Waals surface area contributed by atoms with Crippen LogP contribution in [0.5, 0.6) is 0 Å². The molecule has 0 spiro atoms. The Hall–Kier alpha value is -1.68. The molecule has 0 aliphatic heterocycles. The second-order valence-electron chi connectivity index (χ2n) is 4.56. The molecule has 1 aromatic carbocycles. The van der Waals surface area contributed by atoms with E-state index in [1.807, 2.05) is 30.8 Å². The minimum Gasteiger partial charge on any atom is -0.338 e. The number of benzene rings is 1. The van der Waals surface area contributed by atoms with Gasteiger partial charge in [-0.05, 0) is 24.6 Å². The molecule has 2 N–H and O–H groups in total. The van der Waals surface area contributed by atoms with Gasteiger partial charge in [-0.15, -0.1) is 0 Å². The number of aromatic nitrogens is 2. The van der Waals surface area contributed by atoms with E-state index in [0.717, 1.165) is 11.4 Å². The van der Waals surface area contributed by atoms with Gasteiger partial charge in [0.2, 0.25) is 0 Å². The van der Waals surface area contributed by atoms with Crippen molar-refractivity contribution in [3.8, 4) is 0 Å². The second kappa shape index (κ2) is 4.30. The molecule has 3 nitrogen and oxygen atoms in total. The third-order valence-electron chi connectivity index (χ3n) is 2.93. The van der Waals surface area contributed by atoms with Crippen LogP contribution in [0.4, 0.5) is 4.39 Å². The summed E-state index contributed by atoms with van der Waals surface area (Å²) in [5, 5.41) is 0. The molecule has 17 heavy (non-hydrogen) atoms. The average Bonchev–Trinajstić information content (AvgIpc) is 2.64. The standard InChI is InChI=1S/C13H16FN3/c1-13(15,9-12-16-6-7-17(12)2)10-4-3-5-11(14)8-10/h3-8H,9,15H2,1-2H3. The van der Waals surface area contributed by atoms with Crippen molar-refractivity contribution < 1.29 is 4.39 Å². The topological polar surface area (TPSA) is 43.8 Å². The number of aryl methyl sites for hydroxylation is 1. The molecule has 1 heterocycles. The van der Waals surface area contributed by atoms with E-state index >= 15 is 0 Å². The Balaban J connectivity index is 2.27. The van der Waals surface area contributed by atoms with Gasteiger partial charge in [-0.2, -0.15) is 0 Å². The maximum absolute atomic E-state index is 13.2. The van der Waals surface area contributed by atoms with Gasteiger partial charge in [0, 0.05) is 31.4 Å². The summed E-state index contributed by atoms with van der Waals surface area (Å²) in [5.74, 6) is 0.623. The van der Waals surface area contributed by atoms with Gasteiger partial charge < -0.3 is 10.3 Å². The predicted octanol–water partition coefficient (Wildman–Crippen LogP) is 1.98. The number of nitrogens with zero attached hydrogens (tertiary/aromatic N) is 2. The lowest BCUT2D eigenvalue weighted by Crippen LogP contribution is -2.36. The molecule has 0 aliphatic rings. The van der Waals surface area contributed by atoms with Crippen LogP contribution in [0, 0.1) is 5.82 Å². The Kier molecular flexibility index (Phi) is 2.98. The summed E-state index contributed by atoms with van der Waals surface area (Å²) in [6.45, 7) is 1.89. The maximum atomic E-state index is 13.2. The first-order valence-corrected chi connectivity index (χ1v) is 5.50. The average molecular weight is 233 g/mol. The third-order valence-corrected chi connectivity index (χ3v) is 2.93. The SMILES string of the molecule is Cn1ccnc1CC(C)(N)c1cccc(F)c1. The van der Waals surface area contributed by atoms with Crippen molar-refractivity contribution >= 4 is 0 Å². The van der Waals surface area contributed by atoms with Gasteiger partial charge in [0.25, 0.3) is 0 Å². The zero-order valence-electron chi connectivity index (χ0n) is 10.0. The molecule has 1 atom stereocenters. The summed E-state index contributed by atoms with van der Waals surface area (Å²) in [6, 6.07) is 6.41. The minimum absolute atomic E-state index is 0.265. The molecule has 0 aliphatic carbocycles. The molecule has 1 aromatic heterocycles. The molecule has 0 bridgehead atoms. The van der Waals surface area contributed by atoms with Gasteiger partial charge in [-0.3, -0.25) is 0 Å². The lowest BCUT2D eigenvalue weighted by Gasteiger charge is -2.25. The number of rotatable bonds is 3. The van der Waals surface area contributed by atoms with Crippen LogP contribution in [0.15, 0.2) is 36.7 Å². The zero-order valence-corrected chi connectivity index (χ0v) is 10.0. The van der Waals surface area contributed by atoms with Gasteiger partial charge in [0.1, 0.15) is 11.6 Å². The van der Waals surface area contributed by atoms with Crippen molar-refractivity contribution in [2.24, 2.45) is 12.8 Å². The molecule has 0 radical (unpaired) electrons. The molecular formula is C13H16FN3. The highest BCUT2D eigenvalue weighted by molar-refractivity contribution is 5.25. The van der Waals surface area contributed by atoms with E-state index in [1.54, 1.807) is 12.3 Å². The van der Waals surface area contributed by atoms with Crippen LogP contribution in [-0.2, 0) is 19.0 Å². The second-order valence-corrected chi connectivity index (χ2v) is 4.56. The molecule has 2 aromatic rings. The van der Waals surface area contributed by atoms with Crippen LogP contribution in [0.25, 0.3) is 0 Å². The number of halogens is 1. The van der Waals surface area contributed by atoms with Crippen molar-refractivity contribution in [1.82, 2.24) is 9.55 Å². The molecule has 0 fully saturated rings. The van der Waals surface area contributed by atoms with E-state index in [9.17, 15) is 4.39 Å². The largest absolute Gasteiger partial charge is 0.338 e.